The van der Waals surface area contributed by atoms with Crippen molar-refractivity contribution in [3.8, 4) is 0 Å². The van der Waals surface area contributed by atoms with Crippen molar-refractivity contribution in [1.82, 2.24) is 0 Å². The summed E-state index contributed by atoms with van der Waals surface area (Å²) >= 11 is 0. The standard InChI is InChI=1S/C13H34O5Si3.C6H10O2/c1-13(16,12(15)11-14)9-8-10-19(17-20(2,3)4)18-21(5,6)7;1-4-8-6(7)5(2)3/h12,14-16,19H,8-11H2,1-7H3;2,4H2,1,3H3. The zero-order valence-electron chi connectivity index (χ0n) is 19.9. The molecule has 0 fully saturated rings. The second-order valence-corrected chi connectivity index (χ2v) is 21.1. The van der Waals surface area contributed by atoms with Crippen LogP contribution in [0.25, 0.3) is 0 Å². The second kappa shape index (κ2) is 13.9. The quantitative estimate of drug-likeness (QED) is 0.230. The molecule has 10 heteroatoms. The summed E-state index contributed by atoms with van der Waals surface area (Å²) in [5.41, 5.74) is -0.807. The van der Waals surface area contributed by atoms with Crippen LogP contribution in [0.3, 0.4) is 0 Å². The highest BCUT2D eigenvalue weighted by molar-refractivity contribution is 6.81. The zero-order chi connectivity index (χ0) is 23.5. The molecule has 0 aromatic rings. The fourth-order valence-corrected chi connectivity index (χ4v) is 10.6. The summed E-state index contributed by atoms with van der Waals surface area (Å²) in [4.78, 5) is 10.4. The lowest BCUT2D eigenvalue weighted by atomic mass is 9.94. The first-order valence-electron chi connectivity index (χ1n) is 10.1. The first-order valence-corrected chi connectivity index (χ1v) is 18.7. The van der Waals surface area contributed by atoms with Crippen LogP contribution in [0.5, 0.6) is 0 Å². The predicted octanol–water partition coefficient (Wildman–Crippen LogP) is 2.92. The van der Waals surface area contributed by atoms with Crippen LogP contribution in [0.15, 0.2) is 12.2 Å². The van der Waals surface area contributed by atoms with Gasteiger partial charge >= 0.3 is 15.3 Å². The molecule has 174 valence electrons. The normalized spacial score (nSPS) is 15.2. The summed E-state index contributed by atoms with van der Waals surface area (Å²) in [6.45, 7) is 21.3. The van der Waals surface area contributed by atoms with Gasteiger partial charge in [-0.25, -0.2) is 4.79 Å². The van der Waals surface area contributed by atoms with Crippen LogP contribution in [0.1, 0.15) is 33.6 Å². The Kier molecular flexibility index (Phi) is 14.7. The van der Waals surface area contributed by atoms with Gasteiger partial charge in [-0.3, -0.25) is 0 Å². The third kappa shape index (κ3) is 18.2. The third-order valence-electron chi connectivity index (χ3n) is 3.61. The van der Waals surface area contributed by atoms with Crippen molar-refractivity contribution in [2.45, 2.75) is 90.6 Å². The highest BCUT2D eigenvalue weighted by Gasteiger charge is 2.32. The maximum absolute atomic E-state index is 10.4. The van der Waals surface area contributed by atoms with E-state index in [0.29, 0.717) is 18.6 Å². The Balaban J connectivity index is 0. The number of hydrogen-bond acceptors (Lipinski definition) is 7. The molecule has 3 N–H and O–H groups in total. The largest absolute Gasteiger partial charge is 0.463 e. The van der Waals surface area contributed by atoms with E-state index in [1.807, 2.05) is 0 Å². The Morgan fingerprint density at radius 1 is 1.14 bits per heavy atom. The van der Waals surface area contributed by atoms with Gasteiger partial charge in [0.05, 0.1) is 18.8 Å². The van der Waals surface area contributed by atoms with Gasteiger partial charge in [-0.05, 0) is 78.9 Å². The van der Waals surface area contributed by atoms with Gasteiger partial charge in [0.15, 0.2) is 16.6 Å². The Morgan fingerprint density at radius 3 is 1.86 bits per heavy atom. The first kappa shape index (κ1) is 30.9. The monoisotopic (exact) mass is 468 g/mol. The van der Waals surface area contributed by atoms with Gasteiger partial charge in [-0.15, -0.1) is 0 Å². The third-order valence-corrected chi connectivity index (χ3v) is 12.2. The smallest absolute Gasteiger partial charge is 0.333 e. The maximum Gasteiger partial charge on any atom is 0.333 e. The molecule has 2 unspecified atom stereocenters. The lowest BCUT2D eigenvalue weighted by Gasteiger charge is -2.32. The van der Waals surface area contributed by atoms with Crippen LogP contribution in [-0.4, -0.2) is 72.1 Å². The molecule has 0 heterocycles. The van der Waals surface area contributed by atoms with Crippen molar-refractivity contribution in [1.29, 1.82) is 0 Å². The highest BCUT2D eigenvalue weighted by Crippen LogP contribution is 2.22. The number of esters is 1. The molecule has 0 amide bonds. The molecule has 0 aliphatic rings. The zero-order valence-corrected chi connectivity index (χ0v) is 23.0. The molecule has 0 spiro atoms. The van der Waals surface area contributed by atoms with Crippen molar-refractivity contribution >= 4 is 31.9 Å². The van der Waals surface area contributed by atoms with E-state index in [4.69, 9.17) is 13.3 Å². The van der Waals surface area contributed by atoms with E-state index in [1.165, 1.54) is 0 Å². The molecule has 0 aliphatic carbocycles. The Labute approximate surface area is 181 Å². The van der Waals surface area contributed by atoms with Crippen LogP contribution in [-0.2, 0) is 17.8 Å². The number of ether oxygens (including phenoxy) is 1. The molecule has 0 aliphatic heterocycles. The van der Waals surface area contributed by atoms with E-state index in [-0.39, 0.29) is 5.97 Å². The van der Waals surface area contributed by atoms with Gasteiger partial charge in [0.2, 0.25) is 0 Å². The fourth-order valence-electron chi connectivity index (χ4n) is 2.17. The van der Waals surface area contributed by atoms with Crippen LogP contribution in [0.2, 0.25) is 45.3 Å². The number of aliphatic hydroxyl groups excluding tert-OH is 2. The summed E-state index contributed by atoms with van der Waals surface area (Å²) in [5, 5.41) is 28.6. The van der Waals surface area contributed by atoms with Crippen molar-refractivity contribution in [3.05, 3.63) is 12.2 Å². The predicted molar refractivity (Wildman–Crippen MR) is 125 cm³/mol. The number of aliphatic hydroxyl groups is 3. The van der Waals surface area contributed by atoms with Crippen molar-refractivity contribution < 1.29 is 33.1 Å². The minimum absolute atomic E-state index is 0.312. The SMILES string of the molecule is C=C(C)C(=O)OCC.CC(O)(CCC[SiH](O[Si](C)(C)C)O[Si](C)(C)C)C(O)CO. The Morgan fingerprint density at radius 2 is 1.59 bits per heavy atom. The van der Waals surface area contributed by atoms with Crippen molar-refractivity contribution in [2.75, 3.05) is 13.2 Å². The lowest BCUT2D eigenvalue weighted by Crippen LogP contribution is -2.44. The van der Waals surface area contributed by atoms with E-state index >= 15 is 0 Å². The van der Waals surface area contributed by atoms with E-state index in [2.05, 4.69) is 50.6 Å². The topological polar surface area (TPSA) is 105 Å². The molecule has 0 bridgehead atoms. The maximum atomic E-state index is 10.4. The second-order valence-electron chi connectivity index (χ2n) is 9.34. The van der Waals surface area contributed by atoms with Gasteiger partial charge < -0.3 is 28.3 Å². The van der Waals surface area contributed by atoms with E-state index in [0.717, 1.165) is 12.5 Å². The lowest BCUT2D eigenvalue weighted by molar-refractivity contribution is -0.138. The Hall–Kier alpha value is -0.339. The minimum atomic E-state index is -1.75. The fraction of sp³-hybridized carbons (Fsp3) is 0.842. The van der Waals surface area contributed by atoms with Crippen molar-refractivity contribution in [2.24, 2.45) is 0 Å². The molecule has 7 nitrogen and oxygen atoms in total. The molecule has 0 saturated carbocycles. The summed E-state index contributed by atoms with van der Waals surface area (Å²) in [6, 6.07) is 0.822. The average molecular weight is 469 g/mol. The number of hydrogen-bond donors (Lipinski definition) is 3. The summed E-state index contributed by atoms with van der Waals surface area (Å²) in [6.07, 6.45) is 0.0616. The summed E-state index contributed by atoms with van der Waals surface area (Å²) < 4.78 is 17.0. The molecular formula is C19H44O7Si3. The molecular weight excluding hydrogens is 424 g/mol. The minimum Gasteiger partial charge on any atom is -0.463 e. The number of rotatable bonds is 12. The molecule has 29 heavy (non-hydrogen) atoms. The molecule has 2 atom stereocenters. The summed E-state index contributed by atoms with van der Waals surface area (Å²) in [7, 11) is -5.02. The number of carbonyl (C=O) groups is 1. The van der Waals surface area contributed by atoms with E-state index < -0.39 is 44.2 Å². The molecule has 0 radical (unpaired) electrons. The van der Waals surface area contributed by atoms with Crippen LogP contribution < -0.4 is 0 Å². The van der Waals surface area contributed by atoms with Gasteiger partial charge in [0.1, 0.15) is 6.10 Å². The van der Waals surface area contributed by atoms with Gasteiger partial charge in [0, 0.05) is 5.57 Å². The van der Waals surface area contributed by atoms with E-state index in [9.17, 15) is 15.0 Å². The van der Waals surface area contributed by atoms with E-state index in [1.54, 1.807) is 20.8 Å². The van der Waals surface area contributed by atoms with Crippen LogP contribution in [0, 0.1) is 0 Å². The van der Waals surface area contributed by atoms with Crippen molar-refractivity contribution in [3.63, 3.8) is 0 Å². The van der Waals surface area contributed by atoms with Gasteiger partial charge in [0.25, 0.3) is 0 Å². The van der Waals surface area contributed by atoms with Crippen LogP contribution >= 0.6 is 0 Å². The van der Waals surface area contributed by atoms with Gasteiger partial charge in [-0.1, -0.05) is 6.58 Å². The molecule has 0 rings (SSSR count). The first-order chi connectivity index (χ1) is 12.9. The Bertz CT molecular complexity index is 469. The summed E-state index contributed by atoms with van der Waals surface area (Å²) in [5.74, 6) is -0.312. The van der Waals surface area contributed by atoms with Crippen LogP contribution in [0.4, 0.5) is 0 Å². The molecule has 0 aromatic carbocycles. The molecule has 0 saturated heterocycles. The highest BCUT2D eigenvalue weighted by atomic mass is 28.4. The number of carbonyl (C=O) groups excluding carboxylic acids is 1. The van der Waals surface area contributed by atoms with Gasteiger partial charge in [-0.2, -0.15) is 0 Å². The molecule has 0 aromatic heterocycles. The average Bonchev–Trinajstić information content (AvgIpc) is 2.51.